The Bertz CT molecular complexity index is 487. The predicted molar refractivity (Wildman–Crippen MR) is 90.6 cm³/mol. The molecule has 0 saturated carbocycles. The molecule has 1 N–H and O–H groups in total. The minimum Gasteiger partial charge on any atom is -0.339 e. The summed E-state index contributed by atoms with van der Waals surface area (Å²) in [4.78, 5) is 14.7. The molecule has 1 fully saturated rings. The van der Waals surface area contributed by atoms with Crippen molar-refractivity contribution in [3.8, 4) is 0 Å². The zero-order chi connectivity index (χ0) is 15.2. The van der Waals surface area contributed by atoms with E-state index in [4.69, 9.17) is 0 Å². The van der Waals surface area contributed by atoms with E-state index in [2.05, 4.69) is 22.4 Å². The molecule has 1 aliphatic rings. The number of nitrogens with zero attached hydrogens (tertiary/aromatic N) is 3. The lowest BCUT2D eigenvalue weighted by Gasteiger charge is -2.32. The van der Waals surface area contributed by atoms with Crippen molar-refractivity contribution >= 4 is 18.3 Å². The van der Waals surface area contributed by atoms with Crippen LogP contribution in [0.2, 0.25) is 0 Å². The minimum absolute atomic E-state index is 0. The molecule has 1 aromatic heterocycles. The normalized spacial score (nSPS) is 15.5. The van der Waals surface area contributed by atoms with Gasteiger partial charge in [0.25, 0.3) is 5.91 Å². The highest BCUT2D eigenvalue weighted by molar-refractivity contribution is 5.95. The number of carbonyl (C=O) groups excluding carboxylic acids is 1. The fourth-order valence-corrected chi connectivity index (χ4v) is 2.82. The highest BCUT2D eigenvalue weighted by Gasteiger charge is 2.25. The second-order valence-corrected chi connectivity index (χ2v) is 5.74. The number of aromatic nitrogens is 2. The summed E-state index contributed by atoms with van der Waals surface area (Å²) in [5.74, 6) is 0.809. The van der Waals surface area contributed by atoms with Gasteiger partial charge in [0.05, 0.1) is 17.0 Å². The van der Waals surface area contributed by atoms with Gasteiger partial charge in [0.2, 0.25) is 0 Å². The van der Waals surface area contributed by atoms with E-state index in [0.29, 0.717) is 5.92 Å². The average Bonchev–Trinajstić information content (AvgIpc) is 2.52. The molecule has 2 rings (SSSR count). The van der Waals surface area contributed by atoms with Crippen molar-refractivity contribution in [2.45, 2.75) is 40.0 Å². The van der Waals surface area contributed by atoms with Gasteiger partial charge in [-0.3, -0.25) is 4.79 Å². The molecule has 0 aromatic carbocycles. The van der Waals surface area contributed by atoms with Gasteiger partial charge < -0.3 is 10.2 Å². The molecule has 1 amide bonds. The molecular formula is C16H27ClN4O. The maximum Gasteiger partial charge on any atom is 0.255 e. The smallest absolute Gasteiger partial charge is 0.255 e. The molecule has 1 aliphatic heterocycles. The number of rotatable bonds is 5. The Kier molecular flexibility index (Phi) is 7.76. The topological polar surface area (TPSA) is 58.1 Å². The zero-order valence-corrected chi connectivity index (χ0v) is 14.6. The zero-order valence-electron chi connectivity index (χ0n) is 13.8. The van der Waals surface area contributed by atoms with Gasteiger partial charge in [-0.15, -0.1) is 12.4 Å². The standard InChI is InChI=1S/C16H26N4O.ClH/c1-4-15-14(10-12(3)18-19-15)16(21)20-8-6-13(7-9-20)11-17-5-2;/h10,13,17H,4-9,11H2,1-3H3;1H. The molecule has 1 saturated heterocycles. The van der Waals surface area contributed by atoms with Gasteiger partial charge in [-0.2, -0.15) is 10.2 Å². The Hall–Kier alpha value is -1.20. The van der Waals surface area contributed by atoms with Crippen molar-refractivity contribution in [1.29, 1.82) is 0 Å². The highest BCUT2D eigenvalue weighted by Crippen LogP contribution is 2.19. The van der Waals surface area contributed by atoms with Crippen molar-refractivity contribution in [3.05, 3.63) is 23.0 Å². The van der Waals surface area contributed by atoms with Crippen LogP contribution in [0.15, 0.2) is 6.07 Å². The van der Waals surface area contributed by atoms with Crippen LogP contribution in [0.5, 0.6) is 0 Å². The summed E-state index contributed by atoms with van der Waals surface area (Å²) < 4.78 is 0. The highest BCUT2D eigenvalue weighted by atomic mass is 35.5. The van der Waals surface area contributed by atoms with Crippen LogP contribution in [0.25, 0.3) is 0 Å². The molecule has 0 atom stereocenters. The van der Waals surface area contributed by atoms with E-state index in [1.165, 1.54) is 0 Å². The monoisotopic (exact) mass is 326 g/mol. The number of hydrogen-bond acceptors (Lipinski definition) is 4. The molecule has 0 aliphatic carbocycles. The Morgan fingerprint density at radius 2 is 2.00 bits per heavy atom. The maximum absolute atomic E-state index is 12.7. The third-order valence-corrected chi connectivity index (χ3v) is 4.14. The summed E-state index contributed by atoms with van der Waals surface area (Å²) in [5, 5.41) is 11.6. The lowest BCUT2D eigenvalue weighted by atomic mass is 9.96. The van der Waals surface area contributed by atoms with Gasteiger partial charge >= 0.3 is 0 Å². The van der Waals surface area contributed by atoms with E-state index >= 15 is 0 Å². The predicted octanol–water partition coefficient (Wildman–Crippen LogP) is 2.23. The Labute approximate surface area is 139 Å². The molecule has 22 heavy (non-hydrogen) atoms. The van der Waals surface area contributed by atoms with Gasteiger partial charge in [-0.05, 0) is 51.3 Å². The molecule has 5 nitrogen and oxygen atoms in total. The third kappa shape index (κ3) is 4.65. The SMILES string of the molecule is CCNCC1CCN(C(=O)c2cc(C)nnc2CC)CC1.Cl. The number of halogens is 1. The summed E-state index contributed by atoms with van der Waals surface area (Å²) >= 11 is 0. The third-order valence-electron chi connectivity index (χ3n) is 4.14. The van der Waals surface area contributed by atoms with E-state index in [-0.39, 0.29) is 18.3 Å². The average molecular weight is 327 g/mol. The first-order valence-electron chi connectivity index (χ1n) is 7.98. The van der Waals surface area contributed by atoms with Crippen LogP contribution >= 0.6 is 12.4 Å². The molecular weight excluding hydrogens is 300 g/mol. The number of hydrogen-bond donors (Lipinski definition) is 1. The van der Waals surface area contributed by atoms with Gasteiger partial charge in [0, 0.05) is 13.1 Å². The van der Waals surface area contributed by atoms with Crippen LogP contribution in [0.3, 0.4) is 0 Å². The van der Waals surface area contributed by atoms with Crippen LogP contribution in [-0.4, -0.2) is 47.2 Å². The number of nitrogens with one attached hydrogen (secondary N) is 1. The largest absolute Gasteiger partial charge is 0.339 e. The number of carbonyl (C=O) groups is 1. The number of aryl methyl sites for hydroxylation is 2. The van der Waals surface area contributed by atoms with Gasteiger partial charge in [0.15, 0.2) is 0 Å². The second kappa shape index (κ2) is 9.06. The number of piperidine rings is 1. The second-order valence-electron chi connectivity index (χ2n) is 5.74. The van der Waals surface area contributed by atoms with Crippen molar-refractivity contribution < 1.29 is 4.79 Å². The fourth-order valence-electron chi connectivity index (χ4n) is 2.82. The summed E-state index contributed by atoms with van der Waals surface area (Å²) in [5.41, 5.74) is 2.34. The molecule has 0 radical (unpaired) electrons. The van der Waals surface area contributed by atoms with Crippen LogP contribution in [-0.2, 0) is 6.42 Å². The fraction of sp³-hybridized carbons (Fsp3) is 0.688. The van der Waals surface area contributed by atoms with E-state index in [0.717, 1.165) is 62.4 Å². The first kappa shape index (κ1) is 18.8. The Morgan fingerprint density at radius 3 is 2.59 bits per heavy atom. The van der Waals surface area contributed by atoms with E-state index < -0.39 is 0 Å². The Morgan fingerprint density at radius 1 is 1.32 bits per heavy atom. The molecule has 1 aromatic rings. The van der Waals surface area contributed by atoms with E-state index in [9.17, 15) is 4.79 Å². The van der Waals surface area contributed by atoms with Crippen molar-refractivity contribution in [2.24, 2.45) is 5.92 Å². The lowest BCUT2D eigenvalue weighted by molar-refractivity contribution is 0.0688. The van der Waals surface area contributed by atoms with Crippen molar-refractivity contribution in [3.63, 3.8) is 0 Å². The molecule has 0 bridgehead atoms. The molecule has 2 heterocycles. The number of amides is 1. The van der Waals surface area contributed by atoms with E-state index in [1.54, 1.807) is 0 Å². The first-order valence-corrected chi connectivity index (χ1v) is 7.98. The summed E-state index contributed by atoms with van der Waals surface area (Å²) in [6, 6.07) is 1.87. The van der Waals surface area contributed by atoms with Gasteiger partial charge in [-0.1, -0.05) is 13.8 Å². The summed E-state index contributed by atoms with van der Waals surface area (Å²) in [6.45, 7) is 9.79. The van der Waals surface area contributed by atoms with Crippen LogP contribution < -0.4 is 5.32 Å². The van der Waals surface area contributed by atoms with Crippen LogP contribution in [0.4, 0.5) is 0 Å². The molecule has 0 spiro atoms. The van der Waals surface area contributed by atoms with Crippen LogP contribution in [0, 0.1) is 12.8 Å². The first-order chi connectivity index (χ1) is 10.2. The lowest BCUT2D eigenvalue weighted by Crippen LogP contribution is -2.41. The Balaban J connectivity index is 0.00000242. The van der Waals surface area contributed by atoms with Crippen LogP contribution in [0.1, 0.15) is 48.4 Å². The minimum atomic E-state index is 0. The van der Waals surface area contributed by atoms with Gasteiger partial charge in [-0.25, -0.2) is 0 Å². The molecule has 6 heteroatoms. The van der Waals surface area contributed by atoms with Crippen molar-refractivity contribution in [1.82, 2.24) is 20.4 Å². The summed E-state index contributed by atoms with van der Waals surface area (Å²) in [7, 11) is 0. The van der Waals surface area contributed by atoms with Crippen molar-refractivity contribution in [2.75, 3.05) is 26.2 Å². The molecule has 0 unspecified atom stereocenters. The summed E-state index contributed by atoms with van der Waals surface area (Å²) in [6.07, 6.45) is 2.90. The van der Waals surface area contributed by atoms with E-state index in [1.807, 2.05) is 24.8 Å². The van der Waals surface area contributed by atoms with Gasteiger partial charge in [0.1, 0.15) is 0 Å². The quantitative estimate of drug-likeness (QED) is 0.901. The maximum atomic E-state index is 12.7. The molecule has 124 valence electrons. The number of likely N-dealkylation sites (tertiary alicyclic amines) is 1.